The van der Waals surface area contributed by atoms with Crippen molar-refractivity contribution in [2.45, 2.75) is 41.0 Å². The summed E-state index contributed by atoms with van der Waals surface area (Å²) in [6.07, 6.45) is 11.3. The topological polar surface area (TPSA) is 0 Å². The lowest BCUT2D eigenvalue weighted by Gasteiger charge is -2.19. The lowest BCUT2D eigenvalue weighted by Crippen LogP contribution is -2.05. The van der Waals surface area contributed by atoms with Gasteiger partial charge >= 0.3 is 0 Å². The number of rotatable bonds is 3. The molecule has 2 rings (SSSR count). The monoisotopic (exact) mass is 282 g/mol. The minimum atomic E-state index is 0.633. The van der Waals surface area contributed by atoms with Crippen molar-refractivity contribution < 1.29 is 0 Å². The average Bonchev–Trinajstić information content (AvgIpc) is 2.55. The molecule has 1 atom stereocenters. The van der Waals surface area contributed by atoms with Crippen molar-refractivity contribution in [2.75, 3.05) is 0 Å². The first-order chi connectivity index (χ1) is 10.3. The van der Waals surface area contributed by atoms with Crippen LogP contribution in [0.1, 0.15) is 51.3 Å². The van der Waals surface area contributed by atoms with Crippen molar-refractivity contribution in [2.24, 2.45) is 5.92 Å². The van der Waals surface area contributed by atoms with E-state index in [9.17, 15) is 0 Å². The predicted molar refractivity (Wildman–Crippen MR) is 99.4 cm³/mol. The summed E-state index contributed by atoms with van der Waals surface area (Å²) in [5.74, 6) is 0.633. The second kappa shape index (κ2) is 10.9. The Morgan fingerprint density at radius 1 is 1.14 bits per heavy atom. The summed E-state index contributed by atoms with van der Waals surface area (Å²) in [6.45, 7) is 17.9. The SMILES string of the molecule is C=C/C=C(\C=C)c1cccc2c1C=CC(C)C2.CC.CC. The van der Waals surface area contributed by atoms with Gasteiger partial charge in [-0.15, -0.1) is 0 Å². The van der Waals surface area contributed by atoms with Gasteiger partial charge in [-0.3, -0.25) is 0 Å². The fraction of sp³-hybridized carbons (Fsp3) is 0.333. The number of allylic oxidation sites excluding steroid dienone is 5. The molecule has 0 amide bonds. The van der Waals surface area contributed by atoms with E-state index in [1.807, 2.05) is 45.9 Å². The second-order valence-corrected chi connectivity index (χ2v) is 4.48. The van der Waals surface area contributed by atoms with E-state index in [0.29, 0.717) is 5.92 Å². The fourth-order valence-electron chi connectivity index (χ4n) is 2.31. The summed E-state index contributed by atoms with van der Waals surface area (Å²) in [5.41, 5.74) is 5.14. The molecule has 0 heterocycles. The number of fused-ring (bicyclic) bond motifs is 1. The minimum absolute atomic E-state index is 0.633. The van der Waals surface area contributed by atoms with Crippen molar-refractivity contribution in [3.05, 3.63) is 72.4 Å². The van der Waals surface area contributed by atoms with Crippen molar-refractivity contribution >= 4 is 11.6 Å². The summed E-state index contributed by atoms with van der Waals surface area (Å²) < 4.78 is 0. The van der Waals surface area contributed by atoms with Crippen LogP contribution in [-0.4, -0.2) is 0 Å². The molecule has 0 fully saturated rings. The Bertz CT molecular complexity index is 501. The smallest absolute Gasteiger partial charge is 0.0109 e. The summed E-state index contributed by atoms with van der Waals surface area (Å²) in [7, 11) is 0. The van der Waals surface area contributed by atoms with E-state index in [2.05, 4.69) is 50.4 Å². The van der Waals surface area contributed by atoms with Crippen molar-refractivity contribution in [1.82, 2.24) is 0 Å². The molecule has 0 nitrogen and oxygen atoms in total. The van der Waals surface area contributed by atoms with Gasteiger partial charge in [-0.1, -0.05) is 96.4 Å². The van der Waals surface area contributed by atoms with E-state index < -0.39 is 0 Å². The average molecular weight is 282 g/mol. The molecule has 0 aliphatic heterocycles. The summed E-state index contributed by atoms with van der Waals surface area (Å²) in [5, 5.41) is 0. The van der Waals surface area contributed by atoms with Crippen LogP contribution in [0.25, 0.3) is 11.6 Å². The fourth-order valence-corrected chi connectivity index (χ4v) is 2.31. The van der Waals surface area contributed by atoms with Crippen LogP contribution in [0.5, 0.6) is 0 Å². The molecule has 0 saturated heterocycles. The minimum Gasteiger partial charge on any atom is -0.0990 e. The third kappa shape index (κ3) is 5.23. The normalized spacial score (nSPS) is 15.7. The highest BCUT2D eigenvalue weighted by Crippen LogP contribution is 2.30. The summed E-state index contributed by atoms with van der Waals surface area (Å²) in [6, 6.07) is 6.49. The molecule has 1 aliphatic carbocycles. The van der Waals surface area contributed by atoms with Crippen LogP contribution in [-0.2, 0) is 6.42 Å². The second-order valence-electron chi connectivity index (χ2n) is 4.48. The maximum Gasteiger partial charge on any atom is -0.0109 e. The third-order valence-electron chi connectivity index (χ3n) is 3.16. The standard InChI is InChI=1S/C17H18.2C2H6/c1-4-7-14(5-2)16-9-6-8-15-12-13(3)10-11-17(15)16;2*1-2/h4-11,13H,1-2,12H2,3H3;2*1-2H3/b14-7+;;. The molecule has 0 aromatic heterocycles. The molecule has 0 radical (unpaired) electrons. The Morgan fingerprint density at radius 2 is 1.81 bits per heavy atom. The van der Waals surface area contributed by atoms with Crippen LogP contribution in [0.15, 0.2) is 55.7 Å². The number of hydrogen-bond acceptors (Lipinski definition) is 0. The van der Waals surface area contributed by atoms with Gasteiger partial charge in [0.05, 0.1) is 0 Å². The van der Waals surface area contributed by atoms with Crippen molar-refractivity contribution in [1.29, 1.82) is 0 Å². The summed E-state index contributed by atoms with van der Waals surface area (Å²) in [4.78, 5) is 0. The zero-order chi connectivity index (χ0) is 16.3. The molecule has 1 aliphatic rings. The van der Waals surface area contributed by atoms with Crippen molar-refractivity contribution in [3.8, 4) is 0 Å². The van der Waals surface area contributed by atoms with E-state index in [4.69, 9.17) is 0 Å². The van der Waals surface area contributed by atoms with Crippen molar-refractivity contribution in [3.63, 3.8) is 0 Å². The predicted octanol–water partition coefficient (Wildman–Crippen LogP) is 6.70. The molecular formula is C21H30. The first kappa shape index (κ1) is 19.2. The lowest BCUT2D eigenvalue weighted by atomic mass is 9.86. The maximum atomic E-state index is 3.88. The molecule has 0 N–H and O–H groups in total. The van der Waals surface area contributed by atoms with E-state index in [-0.39, 0.29) is 0 Å². The van der Waals surface area contributed by atoms with Gasteiger partial charge in [0.25, 0.3) is 0 Å². The zero-order valence-electron chi connectivity index (χ0n) is 14.3. The van der Waals surface area contributed by atoms with E-state index in [1.54, 1.807) is 0 Å². The molecule has 1 aromatic carbocycles. The molecule has 21 heavy (non-hydrogen) atoms. The molecule has 1 unspecified atom stereocenters. The Kier molecular flexibility index (Phi) is 9.96. The molecule has 0 heteroatoms. The summed E-state index contributed by atoms with van der Waals surface area (Å²) >= 11 is 0. The van der Waals surface area contributed by atoms with E-state index in [1.165, 1.54) is 16.7 Å². The molecular weight excluding hydrogens is 252 g/mol. The Labute approximate surface area is 131 Å². The van der Waals surface area contributed by atoms with Gasteiger partial charge in [-0.2, -0.15) is 0 Å². The highest BCUT2D eigenvalue weighted by molar-refractivity contribution is 5.82. The van der Waals surface area contributed by atoms with Crippen LogP contribution in [0.2, 0.25) is 0 Å². The lowest BCUT2D eigenvalue weighted by molar-refractivity contribution is 0.717. The molecule has 0 saturated carbocycles. The molecule has 114 valence electrons. The van der Waals surface area contributed by atoms with Crippen LogP contribution in [0.3, 0.4) is 0 Å². The largest absolute Gasteiger partial charge is 0.0990 e. The van der Waals surface area contributed by atoms with Crippen LogP contribution >= 0.6 is 0 Å². The van der Waals surface area contributed by atoms with Crippen LogP contribution < -0.4 is 0 Å². The van der Waals surface area contributed by atoms with Gasteiger partial charge in [0.2, 0.25) is 0 Å². The van der Waals surface area contributed by atoms with E-state index >= 15 is 0 Å². The Balaban J connectivity index is 0.000000921. The van der Waals surface area contributed by atoms with Gasteiger partial charge in [0, 0.05) is 0 Å². The molecule has 0 bridgehead atoms. The molecule has 0 spiro atoms. The van der Waals surface area contributed by atoms with Gasteiger partial charge < -0.3 is 0 Å². The van der Waals surface area contributed by atoms with Gasteiger partial charge in [0.15, 0.2) is 0 Å². The van der Waals surface area contributed by atoms with E-state index in [0.717, 1.165) is 12.0 Å². The van der Waals surface area contributed by atoms with Gasteiger partial charge in [-0.25, -0.2) is 0 Å². The molecule has 1 aromatic rings. The Morgan fingerprint density at radius 3 is 2.38 bits per heavy atom. The third-order valence-corrected chi connectivity index (χ3v) is 3.16. The maximum absolute atomic E-state index is 3.88. The number of hydrogen-bond donors (Lipinski definition) is 0. The number of benzene rings is 1. The van der Waals surface area contributed by atoms with Gasteiger partial charge in [-0.05, 0) is 34.6 Å². The van der Waals surface area contributed by atoms with Crippen LogP contribution in [0, 0.1) is 5.92 Å². The first-order valence-corrected chi connectivity index (χ1v) is 8.02. The first-order valence-electron chi connectivity index (χ1n) is 8.02. The van der Waals surface area contributed by atoms with Gasteiger partial charge in [0.1, 0.15) is 0 Å². The highest BCUT2D eigenvalue weighted by Gasteiger charge is 2.13. The van der Waals surface area contributed by atoms with Crippen LogP contribution in [0.4, 0.5) is 0 Å². The quantitative estimate of drug-likeness (QED) is 0.541. The Hall–Kier alpha value is -1.82. The highest BCUT2D eigenvalue weighted by atomic mass is 14.2. The zero-order valence-corrected chi connectivity index (χ0v) is 14.3.